The average molecular weight is 375 g/mol. The summed E-state index contributed by atoms with van der Waals surface area (Å²) in [4.78, 5) is 23.3. The van der Waals surface area contributed by atoms with Gasteiger partial charge in [-0.25, -0.2) is 9.97 Å². The van der Waals surface area contributed by atoms with Gasteiger partial charge in [-0.3, -0.25) is 9.69 Å². The van der Waals surface area contributed by atoms with Gasteiger partial charge in [0.2, 0.25) is 0 Å². The Morgan fingerprint density at radius 2 is 2.04 bits per heavy atom. The van der Waals surface area contributed by atoms with Crippen LogP contribution in [-0.4, -0.2) is 46.5 Å². The fourth-order valence-electron chi connectivity index (χ4n) is 2.71. The van der Waals surface area contributed by atoms with Crippen LogP contribution in [0.25, 0.3) is 10.6 Å². The van der Waals surface area contributed by atoms with Crippen molar-refractivity contribution in [2.24, 2.45) is 5.92 Å². The Morgan fingerprint density at radius 3 is 2.62 bits per heavy atom. The Kier molecular flexibility index (Phi) is 4.76. The fraction of sp³-hybridized carbons (Fsp3) is 0.533. The quantitative estimate of drug-likeness (QED) is 0.803. The smallest absolute Gasteiger partial charge is 0.299 e. The molecule has 0 N–H and O–H groups in total. The molecule has 3 heterocycles. The standard InChI is InChI=1S/C15H16F3N3OS2/c1-8-14(24-9(2)19-8)11-6-23-13(20-11)3-12(22)10-4-21(5-10)7-15(16,17)18/h6,10H,3-5,7H2,1-2H3. The number of hydrogen-bond donors (Lipinski definition) is 0. The molecule has 4 nitrogen and oxygen atoms in total. The van der Waals surface area contributed by atoms with E-state index in [1.165, 1.54) is 16.2 Å². The molecule has 24 heavy (non-hydrogen) atoms. The van der Waals surface area contributed by atoms with Gasteiger partial charge in [-0.2, -0.15) is 13.2 Å². The van der Waals surface area contributed by atoms with E-state index in [-0.39, 0.29) is 31.2 Å². The molecular weight excluding hydrogens is 359 g/mol. The number of aromatic nitrogens is 2. The van der Waals surface area contributed by atoms with E-state index in [1.807, 2.05) is 19.2 Å². The Bertz CT molecular complexity index is 747. The SMILES string of the molecule is Cc1nc(C)c(-c2csc(CC(=O)C3CN(CC(F)(F)F)C3)n2)s1. The molecular formula is C15H16F3N3OS2. The normalized spacial score (nSPS) is 16.4. The Labute approximate surface area is 145 Å². The number of rotatable bonds is 5. The van der Waals surface area contributed by atoms with Crippen molar-refractivity contribution in [2.45, 2.75) is 26.4 Å². The van der Waals surface area contributed by atoms with Crippen LogP contribution in [0.1, 0.15) is 15.7 Å². The van der Waals surface area contributed by atoms with Gasteiger partial charge in [0.1, 0.15) is 10.8 Å². The third-order valence-electron chi connectivity index (χ3n) is 3.83. The first-order chi connectivity index (χ1) is 11.2. The lowest BCUT2D eigenvalue weighted by atomic mass is 9.93. The molecule has 1 saturated heterocycles. The van der Waals surface area contributed by atoms with Crippen molar-refractivity contribution in [3.05, 3.63) is 21.1 Å². The van der Waals surface area contributed by atoms with Gasteiger partial charge in [-0.05, 0) is 13.8 Å². The van der Waals surface area contributed by atoms with Gasteiger partial charge in [0.25, 0.3) is 0 Å². The highest BCUT2D eigenvalue weighted by atomic mass is 32.1. The summed E-state index contributed by atoms with van der Waals surface area (Å²) in [5.41, 5.74) is 1.74. The summed E-state index contributed by atoms with van der Waals surface area (Å²) in [5, 5.41) is 3.57. The summed E-state index contributed by atoms with van der Waals surface area (Å²) in [6.45, 7) is 3.28. The number of likely N-dealkylation sites (tertiary alicyclic amines) is 1. The second kappa shape index (κ2) is 6.53. The Hall–Kier alpha value is -1.32. The lowest BCUT2D eigenvalue weighted by Gasteiger charge is -2.38. The molecule has 0 aliphatic carbocycles. The molecule has 0 radical (unpaired) electrons. The summed E-state index contributed by atoms with van der Waals surface area (Å²) in [5.74, 6) is -0.349. The third-order valence-corrected chi connectivity index (χ3v) is 5.77. The molecule has 9 heteroatoms. The molecule has 0 unspecified atom stereocenters. The van der Waals surface area contributed by atoms with Gasteiger partial charge in [0.05, 0.1) is 34.2 Å². The summed E-state index contributed by atoms with van der Waals surface area (Å²) in [6, 6.07) is 0. The zero-order valence-electron chi connectivity index (χ0n) is 13.2. The number of ketones is 1. The Balaban J connectivity index is 1.56. The third kappa shape index (κ3) is 4.01. The molecule has 2 aromatic heterocycles. The van der Waals surface area contributed by atoms with Crippen LogP contribution in [0.15, 0.2) is 5.38 Å². The summed E-state index contributed by atoms with van der Waals surface area (Å²) >= 11 is 2.97. The number of carbonyl (C=O) groups is 1. The number of aryl methyl sites for hydroxylation is 2. The molecule has 2 aromatic rings. The van der Waals surface area contributed by atoms with Gasteiger partial charge in [0.15, 0.2) is 0 Å². The first kappa shape index (κ1) is 17.5. The minimum Gasteiger partial charge on any atom is -0.299 e. The van der Waals surface area contributed by atoms with Crippen LogP contribution in [-0.2, 0) is 11.2 Å². The van der Waals surface area contributed by atoms with E-state index in [9.17, 15) is 18.0 Å². The maximum absolute atomic E-state index is 12.3. The molecule has 1 fully saturated rings. The first-order valence-corrected chi connectivity index (χ1v) is 9.11. The molecule has 1 aliphatic heterocycles. The topological polar surface area (TPSA) is 46.1 Å². The number of carbonyl (C=O) groups excluding carboxylic acids is 1. The van der Waals surface area contributed by atoms with Crippen LogP contribution in [0.3, 0.4) is 0 Å². The number of hydrogen-bond acceptors (Lipinski definition) is 6. The first-order valence-electron chi connectivity index (χ1n) is 7.42. The van der Waals surface area contributed by atoms with Crippen molar-refractivity contribution in [2.75, 3.05) is 19.6 Å². The maximum atomic E-state index is 12.3. The van der Waals surface area contributed by atoms with Crippen molar-refractivity contribution < 1.29 is 18.0 Å². The van der Waals surface area contributed by atoms with Crippen LogP contribution < -0.4 is 0 Å². The van der Waals surface area contributed by atoms with Gasteiger partial charge < -0.3 is 0 Å². The summed E-state index contributed by atoms with van der Waals surface area (Å²) < 4.78 is 36.8. The molecule has 130 valence electrons. The van der Waals surface area contributed by atoms with Crippen LogP contribution in [0.2, 0.25) is 0 Å². The van der Waals surface area contributed by atoms with E-state index < -0.39 is 12.7 Å². The monoisotopic (exact) mass is 375 g/mol. The Morgan fingerprint density at radius 1 is 1.33 bits per heavy atom. The highest BCUT2D eigenvalue weighted by Crippen LogP contribution is 2.31. The lowest BCUT2D eigenvalue weighted by molar-refractivity contribution is -0.162. The minimum atomic E-state index is -4.21. The predicted molar refractivity (Wildman–Crippen MR) is 87.4 cm³/mol. The largest absolute Gasteiger partial charge is 0.401 e. The molecule has 0 aromatic carbocycles. The average Bonchev–Trinajstić information content (AvgIpc) is 2.98. The number of thiazole rings is 2. The molecule has 0 atom stereocenters. The van der Waals surface area contributed by atoms with Crippen LogP contribution in [0, 0.1) is 19.8 Å². The molecule has 1 aliphatic rings. The molecule has 0 bridgehead atoms. The highest BCUT2D eigenvalue weighted by Gasteiger charge is 2.39. The predicted octanol–water partition coefficient (Wildman–Crippen LogP) is 3.49. The number of halogens is 3. The summed E-state index contributed by atoms with van der Waals surface area (Å²) in [6.07, 6.45) is -4.02. The van der Waals surface area contributed by atoms with Crippen molar-refractivity contribution in [3.63, 3.8) is 0 Å². The van der Waals surface area contributed by atoms with Crippen molar-refractivity contribution in [1.82, 2.24) is 14.9 Å². The summed E-state index contributed by atoms with van der Waals surface area (Å²) in [7, 11) is 0. The second-order valence-corrected chi connectivity index (χ2v) is 8.07. The van der Waals surface area contributed by atoms with Gasteiger partial charge >= 0.3 is 6.18 Å². The van der Waals surface area contributed by atoms with Crippen LogP contribution >= 0.6 is 22.7 Å². The van der Waals surface area contributed by atoms with Crippen molar-refractivity contribution in [3.8, 4) is 10.6 Å². The van der Waals surface area contributed by atoms with Gasteiger partial charge in [-0.1, -0.05) is 0 Å². The molecule has 0 spiro atoms. The van der Waals surface area contributed by atoms with E-state index in [0.29, 0.717) is 5.01 Å². The van der Waals surface area contributed by atoms with Crippen molar-refractivity contribution in [1.29, 1.82) is 0 Å². The van der Waals surface area contributed by atoms with E-state index in [1.54, 1.807) is 11.3 Å². The fourth-order valence-corrected chi connectivity index (χ4v) is 4.46. The maximum Gasteiger partial charge on any atom is 0.401 e. The molecule has 0 amide bonds. The number of alkyl halides is 3. The molecule has 3 rings (SSSR count). The zero-order valence-corrected chi connectivity index (χ0v) is 14.8. The second-order valence-electron chi connectivity index (χ2n) is 5.92. The van der Waals surface area contributed by atoms with E-state index in [2.05, 4.69) is 9.97 Å². The number of Topliss-reactive ketones (excluding diaryl/α,β-unsaturated/α-hetero) is 1. The lowest BCUT2D eigenvalue weighted by Crippen LogP contribution is -2.53. The highest BCUT2D eigenvalue weighted by molar-refractivity contribution is 7.16. The van der Waals surface area contributed by atoms with E-state index in [4.69, 9.17) is 0 Å². The molecule has 0 saturated carbocycles. The number of nitrogens with zero attached hydrogens (tertiary/aromatic N) is 3. The van der Waals surface area contributed by atoms with Crippen LogP contribution in [0.4, 0.5) is 13.2 Å². The van der Waals surface area contributed by atoms with E-state index in [0.717, 1.165) is 21.3 Å². The van der Waals surface area contributed by atoms with Crippen molar-refractivity contribution >= 4 is 28.5 Å². The minimum absolute atomic E-state index is 0.0356. The van der Waals surface area contributed by atoms with Crippen LogP contribution in [0.5, 0.6) is 0 Å². The van der Waals surface area contributed by atoms with E-state index >= 15 is 0 Å². The zero-order chi connectivity index (χ0) is 17.5. The van der Waals surface area contributed by atoms with Gasteiger partial charge in [0, 0.05) is 24.4 Å². The van der Waals surface area contributed by atoms with Gasteiger partial charge in [-0.15, -0.1) is 22.7 Å².